The van der Waals surface area contributed by atoms with Gasteiger partial charge in [-0.1, -0.05) is 12.1 Å². The van der Waals surface area contributed by atoms with Crippen molar-refractivity contribution in [3.05, 3.63) is 78.9 Å². The van der Waals surface area contributed by atoms with Crippen LogP contribution in [0.3, 0.4) is 0 Å². The zero-order valence-electron chi connectivity index (χ0n) is 24.2. The molecule has 2 heterocycles. The molecule has 0 atom stereocenters. The van der Waals surface area contributed by atoms with Gasteiger partial charge in [0.05, 0.1) is 52.7 Å². The van der Waals surface area contributed by atoms with Crippen molar-refractivity contribution in [3.8, 4) is 40.0 Å². The quantitative estimate of drug-likeness (QED) is 0.154. The number of methoxy groups -OCH3 is 2. The molecule has 0 unspecified atom stereocenters. The largest absolute Gasteiger partial charge is 0.497 e. The van der Waals surface area contributed by atoms with Crippen LogP contribution in [-0.2, 0) is 20.2 Å². The van der Waals surface area contributed by atoms with Crippen LogP contribution in [0.2, 0.25) is 0 Å². The number of nitrogens with zero attached hydrogens (tertiary/aromatic N) is 2. The highest BCUT2D eigenvalue weighted by Gasteiger charge is 2.15. The van der Waals surface area contributed by atoms with Crippen LogP contribution in [-0.4, -0.2) is 66.7 Å². The molecule has 0 spiro atoms. The lowest BCUT2D eigenvalue weighted by atomic mass is 10.2. The molecule has 13 nitrogen and oxygen atoms in total. The number of imidazole rings is 2. The molecule has 234 valence electrons. The van der Waals surface area contributed by atoms with Crippen LogP contribution in [0, 0.1) is 0 Å². The molecule has 0 saturated carbocycles. The number of aromatic amines is 2. The zero-order chi connectivity index (χ0) is 32.4. The highest BCUT2D eigenvalue weighted by molar-refractivity contribution is 7.86. The monoisotopic (exact) mass is 652 g/mol. The van der Waals surface area contributed by atoms with Gasteiger partial charge in [-0.05, 0) is 67.6 Å². The van der Waals surface area contributed by atoms with Crippen LogP contribution in [0.5, 0.6) is 17.2 Å². The normalized spacial score (nSPS) is 11.7. The van der Waals surface area contributed by atoms with Crippen molar-refractivity contribution in [2.75, 3.05) is 20.8 Å². The zero-order valence-corrected chi connectivity index (χ0v) is 25.8. The number of nitrogens with one attached hydrogen (secondary N) is 2. The summed E-state index contributed by atoms with van der Waals surface area (Å²) in [5.41, 5.74) is 3.78. The minimum absolute atomic E-state index is 0.168. The van der Waals surface area contributed by atoms with E-state index in [2.05, 4.69) is 19.9 Å². The van der Waals surface area contributed by atoms with Gasteiger partial charge in [-0.15, -0.1) is 0 Å². The first kappa shape index (κ1) is 31.5. The van der Waals surface area contributed by atoms with Crippen molar-refractivity contribution in [2.24, 2.45) is 0 Å². The van der Waals surface area contributed by atoms with E-state index in [-0.39, 0.29) is 9.79 Å². The van der Waals surface area contributed by atoms with Gasteiger partial charge in [-0.25, -0.2) is 9.97 Å². The van der Waals surface area contributed by atoms with E-state index in [9.17, 15) is 16.8 Å². The van der Waals surface area contributed by atoms with Gasteiger partial charge in [-0.2, -0.15) is 16.8 Å². The van der Waals surface area contributed by atoms with E-state index in [0.717, 1.165) is 16.9 Å². The molecule has 15 heteroatoms. The van der Waals surface area contributed by atoms with E-state index in [0.29, 0.717) is 51.8 Å². The Bertz CT molecular complexity index is 2210. The van der Waals surface area contributed by atoms with Crippen LogP contribution in [0.1, 0.15) is 6.92 Å². The minimum Gasteiger partial charge on any atom is -0.497 e. The molecule has 0 bridgehead atoms. The Kier molecular flexibility index (Phi) is 8.79. The van der Waals surface area contributed by atoms with Crippen LogP contribution in [0.25, 0.3) is 44.8 Å². The smallest absolute Gasteiger partial charge is 0.294 e. The Morgan fingerprint density at radius 3 is 1.60 bits per heavy atom. The summed E-state index contributed by atoms with van der Waals surface area (Å²) >= 11 is 0. The predicted octanol–water partition coefficient (Wildman–Crippen LogP) is 5.37. The fourth-order valence-corrected chi connectivity index (χ4v) is 5.43. The van der Waals surface area contributed by atoms with Gasteiger partial charge in [0, 0.05) is 17.2 Å². The lowest BCUT2D eigenvalue weighted by Gasteiger charge is -2.06. The van der Waals surface area contributed by atoms with Crippen molar-refractivity contribution in [1.29, 1.82) is 0 Å². The van der Waals surface area contributed by atoms with Crippen molar-refractivity contribution in [1.82, 2.24) is 19.9 Å². The Morgan fingerprint density at radius 2 is 1.13 bits per heavy atom. The number of benzene rings is 4. The van der Waals surface area contributed by atoms with Gasteiger partial charge in [-0.3, -0.25) is 9.11 Å². The van der Waals surface area contributed by atoms with E-state index < -0.39 is 20.2 Å². The highest BCUT2D eigenvalue weighted by Crippen LogP contribution is 2.30. The molecule has 0 radical (unpaired) electrons. The summed E-state index contributed by atoms with van der Waals surface area (Å²) in [4.78, 5) is 14.6. The molecule has 0 aliphatic rings. The summed E-state index contributed by atoms with van der Waals surface area (Å²) in [6, 6.07) is 21.1. The second-order valence-electron chi connectivity index (χ2n) is 9.54. The number of hydrogen-bond donors (Lipinski definition) is 4. The Morgan fingerprint density at radius 1 is 0.644 bits per heavy atom. The second kappa shape index (κ2) is 12.6. The van der Waals surface area contributed by atoms with Crippen LogP contribution >= 0.6 is 0 Å². The maximum absolute atomic E-state index is 11.2. The van der Waals surface area contributed by atoms with Gasteiger partial charge >= 0.3 is 0 Å². The SMILES string of the molecule is CCOc1cccc(-c2nc3ccc(S(=O)(=O)O)cc3[nH]2)c1.COc1cc(OC)cc(-c2nc3ccc(S(=O)(=O)O)cc3[nH]2)c1. The first-order valence-electron chi connectivity index (χ1n) is 13.3. The Hall–Kier alpha value is -4.96. The van der Waals surface area contributed by atoms with Crippen molar-refractivity contribution in [3.63, 3.8) is 0 Å². The average Bonchev–Trinajstić information content (AvgIpc) is 3.64. The first-order valence-corrected chi connectivity index (χ1v) is 16.2. The van der Waals surface area contributed by atoms with E-state index in [4.69, 9.17) is 23.3 Å². The molecule has 0 fully saturated rings. The molecule has 4 aromatic carbocycles. The van der Waals surface area contributed by atoms with Crippen molar-refractivity contribution in [2.45, 2.75) is 16.7 Å². The predicted molar refractivity (Wildman–Crippen MR) is 167 cm³/mol. The molecule has 6 aromatic rings. The Balaban J connectivity index is 0.000000178. The maximum atomic E-state index is 11.2. The van der Waals surface area contributed by atoms with Gasteiger partial charge < -0.3 is 24.2 Å². The number of hydrogen-bond acceptors (Lipinski definition) is 9. The number of H-pyrrole nitrogens is 2. The topological polar surface area (TPSA) is 194 Å². The first-order chi connectivity index (χ1) is 21.4. The second-order valence-corrected chi connectivity index (χ2v) is 12.4. The molecule has 0 aliphatic heterocycles. The van der Waals surface area contributed by atoms with Crippen LogP contribution in [0.4, 0.5) is 0 Å². The molecule has 6 rings (SSSR count). The molecule has 4 N–H and O–H groups in total. The number of fused-ring (bicyclic) bond motifs is 2. The van der Waals surface area contributed by atoms with E-state index in [1.807, 2.05) is 31.2 Å². The fourth-order valence-electron chi connectivity index (χ4n) is 4.42. The number of aromatic nitrogens is 4. The summed E-state index contributed by atoms with van der Waals surface area (Å²) in [6.45, 7) is 2.48. The maximum Gasteiger partial charge on any atom is 0.294 e. The summed E-state index contributed by atoms with van der Waals surface area (Å²) in [7, 11) is -5.39. The van der Waals surface area contributed by atoms with Gasteiger partial charge in [0.25, 0.3) is 20.2 Å². The average molecular weight is 653 g/mol. The van der Waals surface area contributed by atoms with Gasteiger partial charge in [0.2, 0.25) is 0 Å². The standard InChI is InChI=1S/C15H14N2O5S.C15H14N2O4S/c1-21-10-5-9(6-11(7-10)22-2)15-16-13-4-3-12(23(18,19)20)8-14(13)17-15;1-2-21-11-5-3-4-10(8-11)15-16-13-7-6-12(22(18,19)20)9-14(13)17-15/h3-8H,1-2H3,(H,16,17)(H,18,19,20);3-9H,2H2,1H3,(H,16,17)(H,18,19,20). The summed E-state index contributed by atoms with van der Waals surface area (Å²) in [5.74, 6) is 3.09. The molecule has 0 aliphatic carbocycles. The van der Waals surface area contributed by atoms with Gasteiger partial charge in [0.15, 0.2) is 0 Å². The summed E-state index contributed by atoms with van der Waals surface area (Å²) in [6.07, 6.45) is 0. The van der Waals surface area contributed by atoms with Gasteiger partial charge in [0.1, 0.15) is 28.9 Å². The van der Waals surface area contributed by atoms with Crippen LogP contribution < -0.4 is 14.2 Å². The fraction of sp³-hybridized carbons (Fsp3) is 0.133. The molecule has 0 saturated heterocycles. The van der Waals surface area contributed by atoms with E-state index in [1.54, 1.807) is 38.5 Å². The summed E-state index contributed by atoms with van der Waals surface area (Å²) in [5, 5.41) is 0. The van der Waals surface area contributed by atoms with E-state index in [1.165, 1.54) is 30.3 Å². The summed E-state index contributed by atoms with van der Waals surface area (Å²) < 4.78 is 78.9. The highest BCUT2D eigenvalue weighted by atomic mass is 32.2. The third kappa shape index (κ3) is 7.24. The van der Waals surface area contributed by atoms with E-state index >= 15 is 0 Å². The molecule has 45 heavy (non-hydrogen) atoms. The van der Waals surface area contributed by atoms with Crippen LogP contribution in [0.15, 0.2) is 88.7 Å². The number of ether oxygens (including phenoxy) is 3. The lowest BCUT2D eigenvalue weighted by Crippen LogP contribution is -1.97. The van der Waals surface area contributed by atoms with Crippen molar-refractivity contribution < 1.29 is 40.2 Å². The Labute approximate surface area is 258 Å². The third-order valence-corrected chi connectivity index (χ3v) is 8.25. The molecule has 0 amide bonds. The molecular weight excluding hydrogens is 624 g/mol. The van der Waals surface area contributed by atoms with Crippen molar-refractivity contribution >= 4 is 42.3 Å². The third-order valence-electron chi connectivity index (χ3n) is 6.55. The minimum atomic E-state index is -4.26. The molecular formula is C30H28N4O9S2. The lowest BCUT2D eigenvalue weighted by molar-refractivity contribution is 0.340. The molecule has 2 aromatic heterocycles. The number of rotatable bonds is 8.